The maximum Gasteiger partial charge on any atom is 0.227 e. The SMILES string of the molecule is CCN(CC)C(=O)C1CCCCC1N. The summed E-state index contributed by atoms with van der Waals surface area (Å²) in [6, 6.07) is 0.0943. The van der Waals surface area contributed by atoms with E-state index in [1.807, 2.05) is 18.7 Å². The van der Waals surface area contributed by atoms with Crippen LogP contribution < -0.4 is 5.73 Å². The first-order chi connectivity index (χ1) is 6.70. The largest absolute Gasteiger partial charge is 0.343 e. The fraction of sp³-hybridized carbons (Fsp3) is 0.909. The zero-order valence-electron chi connectivity index (χ0n) is 9.33. The van der Waals surface area contributed by atoms with Crippen molar-refractivity contribution in [3.05, 3.63) is 0 Å². The molecule has 0 aromatic heterocycles. The van der Waals surface area contributed by atoms with Crippen molar-refractivity contribution in [1.29, 1.82) is 0 Å². The molecule has 1 fully saturated rings. The lowest BCUT2D eigenvalue weighted by Gasteiger charge is -2.31. The second-order valence-electron chi connectivity index (χ2n) is 4.07. The molecular weight excluding hydrogens is 176 g/mol. The van der Waals surface area contributed by atoms with Gasteiger partial charge < -0.3 is 10.6 Å². The van der Waals surface area contributed by atoms with Gasteiger partial charge in [-0.15, -0.1) is 0 Å². The van der Waals surface area contributed by atoms with Crippen LogP contribution in [0.3, 0.4) is 0 Å². The highest BCUT2D eigenvalue weighted by atomic mass is 16.2. The van der Waals surface area contributed by atoms with Crippen LogP contribution in [0.25, 0.3) is 0 Å². The summed E-state index contributed by atoms with van der Waals surface area (Å²) < 4.78 is 0. The van der Waals surface area contributed by atoms with Crippen molar-refractivity contribution in [1.82, 2.24) is 4.90 Å². The summed E-state index contributed by atoms with van der Waals surface area (Å²) >= 11 is 0. The van der Waals surface area contributed by atoms with Crippen LogP contribution in [0.15, 0.2) is 0 Å². The number of nitrogens with zero attached hydrogens (tertiary/aromatic N) is 1. The Morgan fingerprint density at radius 3 is 2.36 bits per heavy atom. The summed E-state index contributed by atoms with van der Waals surface area (Å²) in [7, 11) is 0. The Hall–Kier alpha value is -0.570. The minimum absolute atomic E-state index is 0.0867. The van der Waals surface area contributed by atoms with Gasteiger partial charge in [0.05, 0.1) is 5.92 Å². The van der Waals surface area contributed by atoms with Crippen molar-refractivity contribution in [2.75, 3.05) is 13.1 Å². The van der Waals surface area contributed by atoms with Gasteiger partial charge in [-0.25, -0.2) is 0 Å². The van der Waals surface area contributed by atoms with Crippen LogP contribution in [0.2, 0.25) is 0 Å². The van der Waals surface area contributed by atoms with Crippen molar-refractivity contribution in [3.63, 3.8) is 0 Å². The van der Waals surface area contributed by atoms with E-state index in [1.54, 1.807) is 0 Å². The Kier molecular flexibility index (Phi) is 4.39. The minimum atomic E-state index is 0.0867. The molecule has 0 bridgehead atoms. The molecule has 1 aliphatic carbocycles. The van der Waals surface area contributed by atoms with E-state index in [9.17, 15) is 4.79 Å². The van der Waals surface area contributed by atoms with E-state index in [4.69, 9.17) is 5.73 Å². The smallest absolute Gasteiger partial charge is 0.227 e. The van der Waals surface area contributed by atoms with Gasteiger partial charge in [-0.2, -0.15) is 0 Å². The van der Waals surface area contributed by atoms with Crippen molar-refractivity contribution in [2.45, 2.75) is 45.6 Å². The van der Waals surface area contributed by atoms with Gasteiger partial charge in [0.1, 0.15) is 0 Å². The average molecular weight is 198 g/mol. The van der Waals surface area contributed by atoms with Gasteiger partial charge in [0.25, 0.3) is 0 Å². The van der Waals surface area contributed by atoms with Crippen LogP contribution in [0, 0.1) is 5.92 Å². The lowest BCUT2D eigenvalue weighted by molar-refractivity contribution is -0.136. The number of rotatable bonds is 3. The second-order valence-corrected chi connectivity index (χ2v) is 4.07. The Morgan fingerprint density at radius 1 is 1.29 bits per heavy atom. The summed E-state index contributed by atoms with van der Waals surface area (Å²) in [5.74, 6) is 0.353. The molecule has 0 heterocycles. The first kappa shape index (κ1) is 11.5. The second kappa shape index (κ2) is 5.35. The molecule has 0 saturated heterocycles. The third-order valence-electron chi connectivity index (χ3n) is 3.21. The first-order valence-electron chi connectivity index (χ1n) is 5.75. The molecule has 1 rings (SSSR count). The Bertz CT molecular complexity index is 190. The third kappa shape index (κ3) is 2.47. The number of carbonyl (C=O) groups is 1. The summed E-state index contributed by atoms with van der Waals surface area (Å²) in [4.78, 5) is 13.9. The summed E-state index contributed by atoms with van der Waals surface area (Å²) in [5.41, 5.74) is 5.98. The van der Waals surface area contributed by atoms with E-state index < -0.39 is 0 Å². The average Bonchev–Trinajstić information content (AvgIpc) is 2.20. The molecular formula is C11H22N2O. The molecule has 3 heteroatoms. The van der Waals surface area contributed by atoms with Gasteiger partial charge in [0.2, 0.25) is 5.91 Å². The predicted molar refractivity (Wildman–Crippen MR) is 57.9 cm³/mol. The zero-order valence-corrected chi connectivity index (χ0v) is 9.33. The fourth-order valence-electron chi connectivity index (χ4n) is 2.24. The molecule has 82 valence electrons. The summed E-state index contributed by atoms with van der Waals surface area (Å²) in [6.45, 7) is 5.66. The van der Waals surface area contributed by atoms with Crippen LogP contribution in [-0.4, -0.2) is 29.9 Å². The van der Waals surface area contributed by atoms with Gasteiger partial charge in [0, 0.05) is 19.1 Å². The molecule has 0 aromatic carbocycles. The van der Waals surface area contributed by atoms with Crippen LogP contribution in [0.4, 0.5) is 0 Å². The molecule has 14 heavy (non-hydrogen) atoms. The quantitative estimate of drug-likeness (QED) is 0.744. The molecule has 2 atom stereocenters. The Morgan fingerprint density at radius 2 is 1.86 bits per heavy atom. The topological polar surface area (TPSA) is 46.3 Å². The van der Waals surface area contributed by atoms with Gasteiger partial charge >= 0.3 is 0 Å². The molecule has 0 spiro atoms. The van der Waals surface area contributed by atoms with Crippen LogP contribution >= 0.6 is 0 Å². The monoisotopic (exact) mass is 198 g/mol. The number of carbonyl (C=O) groups excluding carboxylic acids is 1. The highest BCUT2D eigenvalue weighted by Gasteiger charge is 2.30. The van der Waals surface area contributed by atoms with E-state index in [1.165, 1.54) is 6.42 Å². The van der Waals surface area contributed by atoms with E-state index in [0.717, 1.165) is 32.4 Å². The van der Waals surface area contributed by atoms with Crippen molar-refractivity contribution >= 4 is 5.91 Å². The lowest BCUT2D eigenvalue weighted by Crippen LogP contribution is -2.45. The van der Waals surface area contributed by atoms with E-state index in [0.29, 0.717) is 0 Å². The number of hydrogen-bond donors (Lipinski definition) is 1. The Labute approximate surface area is 86.6 Å². The van der Waals surface area contributed by atoms with E-state index in [2.05, 4.69) is 0 Å². The third-order valence-corrected chi connectivity index (χ3v) is 3.21. The molecule has 0 aliphatic heterocycles. The van der Waals surface area contributed by atoms with Gasteiger partial charge in [-0.3, -0.25) is 4.79 Å². The number of hydrogen-bond acceptors (Lipinski definition) is 2. The molecule has 2 unspecified atom stereocenters. The Balaban J connectivity index is 2.57. The molecule has 3 nitrogen and oxygen atoms in total. The van der Waals surface area contributed by atoms with Gasteiger partial charge in [0.15, 0.2) is 0 Å². The normalized spacial score (nSPS) is 27.4. The minimum Gasteiger partial charge on any atom is -0.343 e. The zero-order chi connectivity index (χ0) is 10.6. The van der Waals surface area contributed by atoms with Crippen molar-refractivity contribution < 1.29 is 4.79 Å². The van der Waals surface area contributed by atoms with Crippen molar-refractivity contribution in [2.24, 2.45) is 11.7 Å². The van der Waals surface area contributed by atoms with Crippen LogP contribution in [0.1, 0.15) is 39.5 Å². The van der Waals surface area contributed by atoms with Crippen LogP contribution in [0.5, 0.6) is 0 Å². The molecule has 0 aromatic rings. The van der Waals surface area contributed by atoms with Crippen molar-refractivity contribution in [3.8, 4) is 0 Å². The predicted octanol–water partition coefficient (Wildman–Crippen LogP) is 1.37. The standard InChI is InChI=1S/C11H22N2O/c1-3-13(4-2)11(14)9-7-5-6-8-10(9)12/h9-10H,3-8,12H2,1-2H3. The highest BCUT2D eigenvalue weighted by Crippen LogP contribution is 2.24. The summed E-state index contributed by atoms with van der Waals surface area (Å²) in [6.07, 6.45) is 4.34. The molecule has 1 aliphatic rings. The summed E-state index contributed by atoms with van der Waals surface area (Å²) in [5, 5.41) is 0. The molecule has 2 N–H and O–H groups in total. The number of nitrogens with two attached hydrogens (primary N) is 1. The number of amides is 1. The lowest BCUT2D eigenvalue weighted by atomic mass is 9.84. The van der Waals surface area contributed by atoms with Gasteiger partial charge in [-0.1, -0.05) is 12.8 Å². The maximum atomic E-state index is 12.0. The fourth-order valence-corrected chi connectivity index (χ4v) is 2.24. The molecule has 0 radical (unpaired) electrons. The highest BCUT2D eigenvalue weighted by molar-refractivity contribution is 5.79. The molecule has 1 saturated carbocycles. The van der Waals surface area contributed by atoms with E-state index >= 15 is 0 Å². The molecule has 1 amide bonds. The van der Waals surface area contributed by atoms with Crippen LogP contribution in [-0.2, 0) is 4.79 Å². The van der Waals surface area contributed by atoms with Gasteiger partial charge in [-0.05, 0) is 26.7 Å². The first-order valence-corrected chi connectivity index (χ1v) is 5.75. The van der Waals surface area contributed by atoms with E-state index in [-0.39, 0.29) is 17.9 Å². The maximum absolute atomic E-state index is 12.0.